The summed E-state index contributed by atoms with van der Waals surface area (Å²) in [5.74, 6) is 0.474. The van der Waals surface area contributed by atoms with E-state index in [1.54, 1.807) is 41.1 Å². The van der Waals surface area contributed by atoms with E-state index in [0.717, 1.165) is 23.6 Å². The molecular formula is C20H25FIN7O. The average Bonchev–Trinajstić information content (AvgIpc) is 3.41. The van der Waals surface area contributed by atoms with Gasteiger partial charge in [0.15, 0.2) is 5.96 Å². The minimum absolute atomic E-state index is 0. The zero-order valence-corrected chi connectivity index (χ0v) is 19.2. The van der Waals surface area contributed by atoms with Gasteiger partial charge in [-0.15, -0.1) is 24.0 Å². The molecule has 1 aliphatic heterocycles. The van der Waals surface area contributed by atoms with Gasteiger partial charge in [0.1, 0.15) is 11.9 Å². The van der Waals surface area contributed by atoms with E-state index in [1.807, 2.05) is 25.5 Å². The van der Waals surface area contributed by atoms with Crippen LogP contribution in [0.5, 0.6) is 0 Å². The first-order chi connectivity index (χ1) is 14.1. The summed E-state index contributed by atoms with van der Waals surface area (Å²) in [6.45, 7) is 2.50. The third-order valence-electron chi connectivity index (χ3n) is 4.92. The topological polar surface area (TPSA) is 72.5 Å². The molecule has 4 rings (SSSR count). The SMILES string of the molecule is CN=C(NCc1ccc(-n2ccnc2)c(F)c1)N1CCOC(c2cnn(C)c2)C1.I. The van der Waals surface area contributed by atoms with Gasteiger partial charge in [-0.25, -0.2) is 9.37 Å². The molecule has 1 aromatic carbocycles. The molecule has 2 aromatic heterocycles. The number of rotatable bonds is 4. The fraction of sp³-hybridized carbons (Fsp3) is 0.350. The van der Waals surface area contributed by atoms with Gasteiger partial charge in [-0.3, -0.25) is 9.67 Å². The van der Waals surface area contributed by atoms with E-state index in [9.17, 15) is 4.39 Å². The number of morpholine rings is 1. The Morgan fingerprint density at radius 1 is 1.40 bits per heavy atom. The van der Waals surface area contributed by atoms with E-state index in [0.29, 0.717) is 25.4 Å². The Bertz CT molecular complexity index is 989. The fourth-order valence-corrected chi connectivity index (χ4v) is 3.43. The zero-order valence-electron chi connectivity index (χ0n) is 16.9. The molecule has 1 unspecified atom stereocenters. The van der Waals surface area contributed by atoms with Crippen LogP contribution in [0.4, 0.5) is 4.39 Å². The van der Waals surface area contributed by atoms with Crippen molar-refractivity contribution in [3.63, 3.8) is 0 Å². The summed E-state index contributed by atoms with van der Waals surface area (Å²) in [5, 5.41) is 7.55. The van der Waals surface area contributed by atoms with Gasteiger partial charge in [-0.1, -0.05) is 6.07 Å². The molecule has 0 saturated carbocycles. The third kappa shape index (κ3) is 4.98. The van der Waals surface area contributed by atoms with Crippen molar-refractivity contribution >= 4 is 29.9 Å². The summed E-state index contributed by atoms with van der Waals surface area (Å²) in [4.78, 5) is 10.5. The summed E-state index contributed by atoms with van der Waals surface area (Å²) in [6.07, 6.45) is 8.66. The van der Waals surface area contributed by atoms with Crippen LogP contribution in [0, 0.1) is 5.82 Å². The molecule has 0 spiro atoms. The maximum absolute atomic E-state index is 14.5. The maximum Gasteiger partial charge on any atom is 0.194 e. The molecule has 0 amide bonds. The molecule has 1 fully saturated rings. The van der Waals surface area contributed by atoms with Crippen molar-refractivity contribution in [1.82, 2.24) is 29.5 Å². The molecule has 160 valence electrons. The Hall–Kier alpha value is -2.47. The number of nitrogens with one attached hydrogen (secondary N) is 1. The number of benzene rings is 1. The number of guanidine groups is 1. The lowest BCUT2D eigenvalue weighted by Gasteiger charge is -2.34. The Morgan fingerprint density at radius 3 is 2.93 bits per heavy atom. The molecule has 3 heterocycles. The Balaban J connectivity index is 0.00000256. The molecule has 30 heavy (non-hydrogen) atoms. The van der Waals surface area contributed by atoms with Gasteiger partial charge in [0.2, 0.25) is 0 Å². The van der Waals surface area contributed by atoms with E-state index < -0.39 is 0 Å². The monoisotopic (exact) mass is 525 g/mol. The van der Waals surface area contributed by atoms with Crippen molar-refractivity contribution in [3.05, 3.63) is 66.3 Å². The number of hydrogen-bond acceptors (Lipinski definition) is 4. The number of hydrogen-bond donors (Lipinski definition) is 1. The second-order valence-corrected chi connectivity index (χ2v) is 6.91. The van der Waals surface area contributed by atoms with Crippen LogP contribution in [0.2, 0.25) is 0 Å². The van der Waals surface area contributed by atoms with E-state index >= 15 is 0 Å². The molecule has 10 heteroatoms. The van der Waals surface area contributed by atoms with Gasteiger partial charge in [0.05, 0.1) is 31.4 Å². The van der Waals surface area contributed by atoms with Crippen LogP contribution < -0.4 is 5.32 Å². The largest absolute Gasteiger partial charge is 0.370 e. The smallest absolute Gasteiger partial charge is 0.194 e. The third-order valence-corrected chi connectivity index (χ3v) is 4.92. The van der Waals surface area contributed by atoms with Gasteiger partial charge >= 0.3 is 0 Å². The number of aryl methyl sites for hydroxylation is 1. The second-order valence-electron chi connectivity index (χ2n) is 6.91. The summed E-state index contributed by atoms with van der Waals surface area (Å²) in [7, 11) is 3.64. The lowest BCUT2D eigenvalue weighted by Crippen LogP contribution is -2.47. The van der Waals surface area contributed by atoms with Crippen LogP contribution in [0.15, 0.2) is 54.3 Å². The number of halogens is 2. The highest BCUT2D eigenvalue weighted by molar-refractivity contribution is 14.0. The minimum atomic E-state index is -0.291. The molecule has 1 atom stereocenters. The zero-order chi connectivity index (χ0) is 20.2. The molecule has 8 nitrogen and oxygen atoms in total. The first kappa shape index (κ1) is 22.2. The van der Waals surface area contributed by atoms with Gasteiger partial charge in [-0.2, -0.15) is 5.10 Å². The molecule has 1 aliphatic rings. The molecule has 0 radical (unpaired) electrons. The Morgan fingerprint density at radius 2 is 2.27 bits per heavy atom. The van der Waals surface area contributed by atoms with E-state index in [1.165, 1.54) is 6.07 Å². The van der Waals surface area contributed by atoms with Crippen molar-refractivity contribution in [2.45, 2.75) is 12.6 Å². The van der Waals surface area contributed by atoms with Gasteiger partial charge in [0, 0.05) is 51.3 Å². The van der Waals surface area contributed by atoms with Crippen molar-refractivity contribution < 1.29 is 9.13 Å². The fourth-order valence-electron chi connectivity index (χ4n) is 3.43. The standard InChI is InChI=1S/C20H24FN7O.HI/c1-22-20(27-7-8-29-19(13-27)16-11-25-26(2)12-16)24-10-15-3-4-18(17(21)9-15)28-6-5-23-14-28;/h3-6,9,11-12,14,19H,7-8,10,13H2,1-2H3,(H,22,24);1H. The normalized spacial score (nSPS) is 17.0. The number of nitrogens with zero attached hydrogens (tertiary/aromatic N) is 6. The maximum atomic E-state index is 14.5. The first-order valence-corrected chi connectivity index (χ1v) is 9.46. The summed E-state index contributed by atoms with van der Waals surface area (Å²) < 4.78 is 23.8. The van der Waals surface area contributed by atoms with Crippen LogP contribution in [0.3, 0.4) is 0 Å². The number of aromatic nitrogens is 4. The quantitative estimate of drug-likeness (QED) is 0.322. The van der Waals surface area contributed by atoms with Gasteiger partial charge < -0.3 is 19.5 Å². The summed E-state index contributed by atoms with van der Waals surface area (Å²) in [6, 6.07) is 5.19. The lowest BCUT2D eigenvalue weighted by molar-refractivity contribution is -0.00805. The van der Waals surface area contributed by atoms with Crippen molar-refractivity contribution in [2.75, 3.05) is 26.7 Å². The predicted octanol–water partition coefficient (Wildman–Crippen LogP) is 2.51. The number of ether oxygens (including phenoxy) is 1. The highest BCUT2D eigenvalue weighted by Crippen LogP contribution is 2.22. The predicted molar refractivity (Wildman–Crippen MR) is 123 cm³/mol. The van der Waals surface area contributed by atoms with E-state index in [-0.39, 0.29) is 35.9 Å². The highest BCUT2D eigenvalue weighted by atomic mass is 127. The molecule has 1 saturated heterocycles. The number of imidazole rings is 1. The van der Waals surface area contributed by atoms with Crippen LogP contribution in [-0.4, -0.2) is 56.9 Å². The van der Waals surface area contributed by atoms with Crippen molar-refractivity contribution in [2.24, 2.45) is 12.0 Å². The second kappa shape index (κ2) is 10.0. The van der Waals surface area contributed by atoms with E-state index in [2.05, 4.69) is 25.3 Å². The molecule has 0 bridgehead atoms. The number of aliphatic imine (C=N–C) groups is 1. The lowest BCUT2D eigenvalue weighted by atomic mass is 10.1. The summed E-state index contributed by atoms with van der Waals surface area (Å²) >= 11 is 0. The Labute approximate surface area is 191 Å². The first-order valence-electron chi connectivity index (χ1n) is 9.46. The van der Waals surface area contributed by atoms with E-state index in [4.69, 9.17) is 4.74 Å². The molecule has 3 aromatic rings. The van der Waals surface area contributed by atoms with Crippen LogP contribution in [-0.2, 0) is 18.3 Å². The molecule has 0 aliphatic carbocycles. The van der Waals surface area contributed by atoms with Crippen molar-refractivity contribution in [3.8, 4) is 5.69 Å². The average molecular weight is 525 g/mol. The van der Waals surface area contributed by atoms with Crippen LogP contribution >= 0.6 is 24.0 Å². The Kier molecular flexibility index (Phi) is 7.43. The minimum Gasteiger partial charge on any atom is -0.370 e. The van der Waals surface area contributed by atoms with Gasteiger partial charge in [-0.05, 0) is 17.7 Å². The van der Waals surface area contributed by atoms with Crippen molar-refractivity contribution in [1.29, 1.82) is 0 Å². The van der Waals surface area contributed by atoms with Crippen LogP contribution in [0.25, 0.3) is 5.69 Å². The molecular weight excluding hydrogens is 500 g/mol. The highest BCUT2D eigenvalue weighted by Gasteiger charge is 2.25. The summed E-state index contributed by atoms with van der Waals surface area (Å²) in [5.41, 5.74) is 2.36. The van der Waals surface area contributed by atoms with Crippen LogP contribution in [0.1, 0.15) is 17.2 Å². The molecule has 1 N–H and O–H groups in total. The van der Waals surface area contributed by atoms with Gasteiger partial charge in [0.25, 0.3) is 0 Å².